The van der Waals surface area contributed by atoms with Gasteiger partial charge in [-0.25, -0.2) is 4.39 Å². The van der Waals surface area contributed by atoms with Crippen molar-refractivity contribution in [2.75, 3.05) is 12.4 Å². The van der Waals surface area contributed by atoms with Crippen molar-refractivity contribution >= 4 is 21.9 Å². The van der Waals surface area contributed by atoms with E-state index in [4.69, 9.17) is 9.47 Å². The van der Waals surface area contributed by atoms with Gasteiger partial charge >= 0.3 is 12.0 Å². The standard InChI is InChI=1S/C13H14BrFN4O2/c1-7(2)20-12-17-11(16-3)18-13(19-12)21-8-4-5-10(15)9(14)6-8/h4-7H,1-3H3,(H,16,17,18,19). The van der Waals surface area contributed by atoms with Crippen LogP contribution in [0.2, 0.25) is 0 Å². The predicted octanol–water partition coefficient (Wildman–Crippen LogP) is 3.39. The zero-order valence-corrected chi connectivity index (χ0v) is 13.3. The van der Waals surface area contributed by atoms with Gasteiger partial charge in [-0.05, 0) is 48.0 Å². The fourth-order valence-corrected chi connectivity index (χ4v) is 1.76. The van der Waals surface area contributed by atoms with E-state index >= 15 is 0 Å². The van der Waals surface area contributed by atoms with E-state index in [1.54, 1.807) is 7.05 Å². The average Bonchev–Trinajstić information content (AvgIpc) is 2.42. The van der Waals surface area contributed by atoms with Crippen LogP contribution in [0.5, 0.6) is 17.8 Å². The summed E-state index contributed by atoms with van der Waals surface area (Å²) >= 11 is 3.09. The Hall–Kier alpha value is -1.96. The highest BCUT2D eigenvalue weighted by molar-refractivity contribution is 9.10. The van der Waals surface area contributed by atoms with E-state index < -0.39 is 0 Å². The summed E-state index contributed by atoms with van der Waals surface area (Å²) in [6.07, 6.45) is -0.0788. The number of nitrogens with one attached hydrogen (secondary N) is 1. The van der Waals surface area contributed by atoms with Crippen molar-refractivity contribution in [2.24, 2.45) is 0 Å². The van der Waals surface area contributed by atoms with Gasteiger partial charge in [-0.2, -0.15) is 9.97 Å². The number of hydrogen-bond acceptors (Lipinski definition) is 6. The van der Waals surface area contributed by atoms with Gasteiger partial charge in [0.05, 0.1) is 10.6 Å². The second kappa shape index (κ2) is 6.66. The molecule has 8 heteroatoms. The minimum Gasteiger partial charge on any atom is -0.461 e. The zero-order chi connectivity index (χ0) is 15.4. The molecular formula is C13H14BrFN4O2. The van der Waals surface area contributed by atoms with E-state index in [2.05, 4.69) is 36.2 Å². The molecule has 0 aliphatic heterocycles. The Morgan fingerprint density at radius 3 is 2.52 bits per heavy atom. The Morgan fingerprint density at radius 1 is 1.19 bits per heavy atom. The summed E-state index contributed by atoms with van der Waals surface area (Å²) in [4.78, 5) is 12.2. The van der Waals surface area contributed by atoms with E-state index in [-0.39, 0.29) is 23.9 Å². The molecule has 1 N–H and O–H groups in total. The summed E-state index contributed by atoms with van der Waals surface area (Å²) in [6, 6.07) is 4.46. The molecule has 0 unspecified atom stereocenters. The van der Waals surface area contributed by atoms with Gasteiger partial charge in [0.15, 0.2) is 0 Å². The molecule has 0 aliphatic carbocycles. The Bertz CT molecular complexity index is 640. The van der Waals surface area contributed by atoms with Crippen LogP contribution in [0.4, 0.5) is 10.3 Å². The minimum atomic E-state index is -0.377. The van der Waals surface area contributed by atoms with Gasteiger partial charge in [-0.1, -0.05) is 0 Å². The fraction of sp³-hybridized carbons (Fsp3) is 0.308. The van der Waals surface area contributed by atoms with Crippen LogP contribution in [-0.2, 0) is 0 Å². The van der Waals surface area contributed by atoms with E-state index in [0.717, 1.165) is 0 Å². The minimum absolute atomic E-state index is 0.0588. The monoisotopic (exact) mass is 356 g/mol. The molecule has 0 saturated heterocycles. The maximum Gasteiger partial charge on any atom is 0.330 e. The summed E-state index contributed by atoms with van der Waals surface area (Å²) < 4.78 is 24.4. The number of hydrogen-bond donors (Lipinski definition) is 1. The third-order valence-electron chi connectivity index (χ3n) is 2.26. The number of rotatable bonds is 5. The van der Waals surface area contributed by atoms with Crippen LogP contribution >= 0.6 is 15.9 Å². The maximum absolute atomic E-state index is 13.2. The van der Waals surface area contributed by atoms with Crippen molar-refractivity contribution in [2.45, 2.75) is 20.0 Å². The van der Waals surface area contributed by atoms with E-state index in [1.807, 2.05) is 13.8 Å². The van der Waals surface area contributed by atoms with Crippen LogP contribution in [0.15, 0.2) is 22.7 Å². The first-order valence-corrected chi connectivity index (χ1v) is 7.00. The van der Waals surface area contributed by atoms with Crippen molar-refractivity contribution in [1.29, 1.82) is 0 Å². The van der Waals surface area contributed by atoms with Crippen LogP contribution < -0.4 is 14.8 Å². The fourth-order valence-electron chi connectivity index (χ4n) is 1.40. The molecule has 21 heavy (non-hydrogen) atoms. The SMILES string of the molecule is CNc1nc(Oc2ccc(F)c(Br)c2)nc(OC(C)C)n1. The molecule has 2 rings (SSSR count). The lowest BCUT2D eigenvalue weighted by atomic mass is 10.3. The molecule has 0 fully saturated rings. The second-order valence-corrected chi connectivity index (χ2v) is 5.17. The second-order valence-electron chi connectivity index (χ2n) is 4.32. The first-order chi connectivity index (χ1) is 9.97. The number of nitrogens with zero attached hydrogens (tertiary/aromatic N) is 3. The normalized spacial score (nSPS) is 10.6. The van der Waals surface area contributed by atoms with Crippen LogP contribution in [-0.4, -0.2) is 28.1 Å². The molecule has 0 aliphatic rings. The summed E-state index contributed by atoms with van der Waals surface area (Å²) in [6.45, 7) is 3.72. The molecule has 1 heterocycles. The van der Waals surface area contributed by atoms with E-state index in [1.165, 1.54) is 18.2 Å². The highest BCUT2D eigenvalue weighted by Gasteiger charge is 2.11. The molecular weight excluding hydrogens is 343 g/mol. The number of ether oxygens (including phenoxy) is 2. The molecule has 1 aromatic carbocycles. The largest absolute Gasteiger partial charge is 0.461 e. The molecule has 1 aromatic heterocycles. The maximum atomic E-state index is 13.2. The van der Waals surface area contributed by atoms with Crippen molar-refractivity contribution in [3.05, 3.63) is 28.5 Å². The molecule has 2 aromatic rings. The van der Waals surface area contributed by atoms with Crippen LogP contribution in [0.3, 0.4) is 0 Å². The number of aromatic nitrogens is 3. The lowest BCUT2D eigenvalue weighted by molar-refractivity contribution is 0.218. The highest BCUT2D eigenvalue weighted by Crippen LogP contribution is 2.25. The highest BCUT2D eigenvalue weighted by atomic mass is 79.9. The third-order valence-corrected chi connectivity index (χ3v) is 2.87. The molecule has 0 radical (unpaired) electrons. The number of anilines is 1. The van der Waals surface area contributed by atoms with Gasteiger partial charge in [0.25, 0.3) is 0 Å². The molecule has 6 nitrogen and oxygen atoms in total. The first kappa shape index (κ1) is 15.4. The Morgan fingerprint density at radius 2 is 1.90 bits per heavy atom. The lowest BCUT2D eigenvalue weighted by Crippen LogP contribution is -2.11. The molecule has 0 spiro atoms. The van der Waals surface area contributed by atoms with Crippen molar-refractivity contribution in [1.82, 2.24) is 15.0 Å². The zero-order valence-electron chi connectivity index (χ0n) is 11.7. The molecule has 0 amide bonds. The predicted molar refractivity (Wildman–Crippen MR) is 79.3 cm³/mol. The van der Waals surface area contributed by atoms with Gasteiger partial charge in [0, 0.05) is 7.05 Å². The summed E-state index contributed by atoms with van der Waals surface area (Å²) in [5.41, 5.74) is 0. The van der Waals surface area contributed by atoms with Gasteiger partial charge in [0.1, 0.15) is 11.6 Å². The number of benzene rings is 1. The van der Waals surface area contributed by atoms with Crippen molar-refractivity contribution in [3.63, 3.8) is 0 Å². The van der Waals surface area contributed by atoms with Gasteiger partial charge < -0.3 is 14.8 Å². The number of halogens is 2. The quantitative estimate of drug-likeness (QED) is 0.885. The molecule has 112 valence electrons. The topological polar surface area (TPSA) is 69.2 Å². The molecule has 0 saturated carbocycles. The van der Waals surface area contributed by atoms with E-state index in [0.29, 0.717) is 16.2 Å². The van der Waals surface area contributed by atoms with Crippen molar-refractivity contribution in [3.8, 4) is 17.8 Å². The smallest absolute Gasteiger partial charge is 0.330 e. The molecule has 0 atom stereocenters. The van der Waals surface area contributed by atoms with Crippen LogP contribution in [0.1, 0.15) is 13.8 Å². The summed E-state index contributed by atoms with van der Waals surface area (Å²) in [5.74, 6) is 0.335. The Kier molecular flexibility index (Phi) is 4.89. The summed E-state index contributed by atoms with van der Waals surface area (Å²) in [5, 5.41) is 2.80. The van der Waals surface area contributed by atoms with Gasteiger partial charge in [0.2, 0.25) is 5.95 Å². The lowest BCUT2D eigenvalue weighted by Gasteiger charge is -2.10. The van der Waals surface area contributed by atoms with Crippen LogP contribution in [0.25, 0.3) is 0 Å². The Labute approximate surface area is 129 Å². The van der Waals surface area contributed by atoms with E-state index in [9.17, 15) is 4.39 Å². The summed E-state index contributed by atoms with van der Waals surface area (Å²) in [7, 11) is 1.67. The third kappa shape index (κ3) is 4.25. The first-order valence-electron chi connectivity index (χ1n) is 6.21. The molecule has 0 bridgehead atoms. The van der Waals surface area contributed by atoms with Crippen LogP contribution in [0, 0.1) is 5.82 Å². The van der Waals surface area contributed by atoms with Gasteiger partial charge in [-0.15, -0.1) is 4.98 Å². The van der Waals surface area contributed by atoms with Gasteiger partial charge in [-0.3, -0.25) is 0 Å². The average molecular weight is 357 g/mol. The van der Waals surface area contributed by atoms with Crippen molar-refractivity contribution < 1.29 is 13.9 Å². The Balaban J connectivity index is 2.27.